The first kappa shape index (κ1) is 19.9. The van der Waals surface area contributed by atoms with Gasteiger partial charge in [0, 0.05) is 23.1 Å². The molecule has 7 nitrogen and oxygen atoms in total. The lowest BCUT2D eigenvalue weighted by molar-refractivity contribution is 0.102. The molecule has 0 aliphatic heterocycles. The first-order chi connectivity index (χ1) is 14.1. The van der Waals surface area contributed by atoms with Crippen LogP contribution in [-0.2, 0) is 0 Å². The predicted molar refractivity (Wildman–Crippen MR) is 111 cm³/mol. The van der Waals surface area contributed by atoms with Gasteiger partial charge in [0.1, 0.15) is 17.2 Å². The van der Waals surface area contributed by atoms with Gasteiger partial charge in [0.25, 0.3) is 11.8 Å². The molecule has 2 aromatic carbocycles. The third-order valence-corrected chi connectivity index (χ3v) is 4.03. The molecule has 1 aromatic heterocycles. The van der Waals surface area contributed by atoms with Crippen molar-refractivity contribution in [3.63, 3.8) is 0 Å². The fourth-order valence-electron chi connectivity index (χ4n) is 2.57. The molecule has 0 fully saturated rings. The summed E-state index contributed by atoms with van der Waals surface area (Å²) in [7, 11) is 1.57. The number of hydrogen-bond donors (Lipinski definition) is 2. The van der Waals surface area contributed by atoms with Crippen LogP contribution >= 0.6 is 0 Å². The van der Waals surface area contributed by atoms with E-state index in [1.54, 1.807) is 61.7 Å². The van der Waals surface area contributed by atoms with Crippen LogP contribution in [0.25, 0.3) is 0 Å². The third kappa shape index (κ3) is 5.32. The summed E-state index contributed by atoms with van der Waals surface area (Å²) in [5.74, 6) is 0.668. The van der Waals surface area contributed by atoms with Gasteiger partial charge in [-0.1, -0.05) is 0 Å². The maximum Gasteiger partial charge on any atom is 0.274 e. The van der Waals surface area contributed by atoms with Gasteiger partial charge in [-0.2, -0.15) is 0 Å². The van der Waals surface area contributed by atoms with Gasteiger partial charge in [0.2, 0.25) is 0 Å². The molecule has 29 heavy (non-hydrogen) atoms. The third-order valence-electron chi connectivity index (χ3n) is 4.03. The number of nitrogens with zero attached hydrogens (tertiary/aromatic N) is 1. The Morgan fingerprint density at radius 3 is 2.03 bits per heavy atom. The summed E-state index contributed by atoms with van der Waals surface area (Å²) in [4.78, 5) is 29.0. The molecule has 2 amide bonds. The summed E-state index contributed by atoms with van der Waals surface area (Å²) >= 11 is 0. The Morgan fingerprint density at radius 2 is 1.45 bits per heavy atom. The van der Waals surface area contributed by atoms with Crippen molar-refractivity contribution in [2.75, 3.05) is 24.4 Å². The summed E-state index contributed by atoms with van der Waals surface area (Å²) in [5.41, 5.74) is 1.69. The topological polar surface area (TPSA) is 89.5 Å². The van der Waals surface area contributed by atoms with Crippen LogP contribution in [0.15, 0.2) is 66.9 Å². The van der Waals surface area contributed by atoms with E-state index in [-0.39, 0.29) is 11.6 Å². The molecule has 0 radical (unpaired) electrons. The van der Waals surface area contributed by atoms with Crippen LogP contribution in [0.2, 0.25) is 0 Å². The average Bonchev–Trinajstić information content (AvgIpc) is 2.76. The number of carbonyl (C=O) groups is 2. The van der Waals surface area contributed by atoms with Crippen LogP contribution in [0.5, 0.6) is 11.5 Å². The highest BCUT2D eigenvalue weighted by Crippen LogP contribution is 2.18. The zero-order valence-electron chi connectivity index (χ0n) is 16.1. The SMILES string of the molecule is CCOc1ccc(NC(=O)c2cc(C(=O)Nc3ccc(OC)cc3)ccn2)cc1. The van der Waals surface area contributed by atoms with Crippen molar-refractivity contribution in [1.29, 1.82) is 0 Å². The lowest BCUT2D eigenvalue weighted by atomic mass is 10.2. The van der Waals surface area contributed by atoms with Crippen molar-refractivity contribution in [1.82, 2.24) is 4.98 Å². The minimum Gasteiger partial charge on any atom is -0.497 e. The Morgan fingerprint density at radius 1 is 0.862 bits per heavy atom. The van der Waals surface area contributed by atoms with Gasteiger partial charge in [-0.05, 0) is 67.6 Å². The van der Waals surface area contributed by atoms with Crippen molar-refractivity contribution in [3.8, 4) is 11.5 Å². The lowest BCUT2D eigenvalue weighted by Crippen LogP contribution is -2.17. The number of pyridine rings is 1. The number of nitrogens with one attached hydrogen (secondary N) is 2. The molecule has 7 heteroatoms. The van der Waals surface area contributed by atoms with Crippen molar-refractivity contribution in [2.45, 2.75) is 6.92 Å². The Balaban J connectivity index is 1.67. The van der Waals surface area contributed by atoms with Gasteiger partial charge in [-0.15, -0.1) is 0 Å². The molecule has 0 bridgehead atoms. The molecule has 0 saturated carbocycles. The quantitative estimate of drug-likeness (QED) is 0.636. The molecule has 0 aliphatic carbocycles. The van der Waals surface area contributed by atoms with E-state index in [0.717, 1.165) is 5.75 Å². The summed E-state index contributed by atoms with van der Waals surface area (Å²) in [6.07, 6.45) is 1.43. The minimum absolute atomic E-state index is 0.140. The smallest absolute Gasteiger partial charge is 0.274 e. The zero-order chi connectivity index (χ0) is 20.6. The minimum atomic E-state index is -0.409. The second-order valence-electron chi connectivity index (χ2n) is 6.02. The van der Waals surface area contributed by atoms with E-state index in [1.807, 2.05) is 6.92 Å². The van der Waals surface area contributed by atoms with E-state index in [9.17, 15) is 9.59 Å². The summed E-state index contributed by atoms with van der Waals surface area (Å²) in [6, 6.07) is 17.0. The number of benzene rings is 2. The molecule has 3 rings (SSSR count). The molecular formula is C22H21N3O4. The van der Waals surface area contributed by atoms with Crippen LogP contribution in [0, 0.1) is 0 Å². The number of rotatable bonds is 7. The number of methoxy groups -OCH3 is 1. The summed E-state index contributed by atoms with van der Waals surface area (Å²) in [6.45, 7) is 2.47. The molecule has 0 spiro atoms. The predicted octanol–water partition coefficient (Wildman–Crippen LogP) is 3.99. The normalized spacial score (nSPS) is 10.1. The number of aromatic nitrogens is 1. The van der Waals surface area contributed by atoms with E-state index < -0.39 is 5.91 Å². The van der Waals surface area contributed by atoms with Gasteiger partial charge < -0.3 is 20.1 Å². The summed E-state index contributed by atoms with van der Waals surface area (Å²) < 4.78 is 10.5. The summed E-state index contributed by atoms with van der Waals surface area (Å²) in [5, 5.41) is 5.53. The highest BCUT2D eigenvalue weighted by Gasteiger charge is 2.13. The van der Waals surface area contributed by atoms with Gasteiger partial charge in [-0.25, -0.2) is 0 Å². The highest BCUT2D eigenvalue weighted by molar-refractivity contribution is 6.07. The Bertz CT molecular complexity index is 986. The van der Waals surface area contributed by atoms with Gasteiger partial charge >= 0.3 is 0 Å². The number of ether oxygens (including phenoxy) is 2. The van der Waals surface area contributed by atoms with Gasteiger partial charge in [0.15, 0.2) is 0 Å². The van der Waals surface area contributed by atoms with E-state index in [0.29, 0.717) is 29.3 Å². The maximum absolute atomic E-state index is 12.5. The molecule has 0 aliphatic rings. The molecular weight excluding hydrogens is 370 g/mol. The van der Waals surface area contributed by atoms with E-state index in [4.69, 9.17) is 9.47 Å². The number of amides is 2. The monoisotopic (exact) mass is 391 g/mol. The molecule has 0 atom stereocenters. The first-order valence-corrected chi connectivity index (χ1v) is 9.04. The van der Waals surface area contributed by atoms with Crippen LogP contribution in [0.3, 0.4) is 0 Å². The molecule has 0 unspecified atom stereocenters. The van der Waals surface area contributed by atoms with Crippen molar-refractivity contribution >= 4 is 23.2 Å². The van der Waals surface area contributed by atoms with Crippen LogP contribution < -0.4 is 20.1 Å². The molecule has 3 aromatic rings. The van der Waals surface area contributed by atoms with Crippen LogP contribution in [-0.4, -0.2) is 30.5 Å². The number of anilines is 2. The molecule has 148 valence electrons. The molecule has 0 saturated heterocycles. The van der Waals surface area contributed by atoms with Gasteiger partial charge in [-0.3, -0.25) is 14.6 Å². The Labute approximate surface area is 168 Å². The zero-order valence-corrected chi connectivity index (χ0v) is 16.1. The van der Waals surface area contributed by atoms with Crippen molar-refractivity contribution < 1.29 is 19.1 Å². The number of carbonyl (C=O) groups excluding carboxylic acids is 2. The highest BCUT2D eigenvalue weighted by atomic mass is 16.5. The molecule has 2 N–H and O–H groups in total. The van der Waals surface area contributed by atoms with Crippen LogP contribution in [0.1, 0.15) is 27.8 Å². The van der Waals surface area contributed by atoms with Crippen molar-refractivity contribution in [3.05, 3.63) is 78.1 Å². The largest absolute Gasteiger partial charge is 0.497 e. The second kappa shape index (κ2) is 9.36. The van der Waals surface area contributed by atoms with E-state index in [1.165, 1.54) is 12.3 Å². The maximum atomic E-state index is 12.5. The van der Waals surface area contributed by atoms with Crippen LogP contribution in [0.4, 0.5) is 11.4 Å². The lowest BCUT2D eigenvalue weighted by Gasteiger charge is -2.09. The van der Waals surface area contributed by atoms with Crippen molar-refractivity contribution in [2.24, 2.45) is 0 Å². The van der Waals surface area contributed by atoms with Gasteiger partial charge in [0.05, 0.1) is 13.7 Å². The fourth-order valence-corrected chi connectivity index (χ4v) is 2.57. The Kier molecular flexibility index (Phi) is 6.42. The Hall–Kier alpha value is -3.87. The van der Waals surface area contributed by atoms with E-state index >= 15 is 0 Å². The number of hydrogen-bond acceptors (Lipinski definition) is 5. The van der Waals surface area contributed by atoms with E-state index in [2.05, 4.69) is 15.6 Å². The second-order valence-corrected chi connectivity index (χ2v) is 6.02. The standard InChI is InChI=1S/C22H21N3O4/c1-3-29-19-10-6-17(7-11-19)25-22(27)20-14-15(12-13-23-20)21(26)24-16-4-8-18(28-2)9-5-16/h4-14H,3H2,1-2H3,(H,24,26)(H,25,27). The first-order valence-electron chi connectivity index (χ1n) is 9.04. The molecule has 1 heterocycles. The average molecular weight is 391 g/mol. The fraction of sp³-hybridized carbons (Fsp3) is 0.136.